The molecule has 1 fully saturated rings. The van der Waals surface area contributed by atoms with E-state index in [4.69, 9.17) is 0 Å². The van der Waals surface area contributed by atoms with E-state index in [2.05, 4.69) is 6.92 Å². The van der Waals surface area contributed by atoms with Gasteiger partial charge in [0.2, 0.25) is 0 Å². The van der Waals surface area contributed by atoms with Gasteiger partial charge in [-0.3, -0.25) is 4.79 Å². The van der Waals surface area contributed by atoms with E-state index < -0.39 is 6.10 Å². The minimum atomic E-state index is -0.460. The summed E-state index contributed by atoms with van der Waals surface area (Å²) in [6.07, 6.45) is 2.29. The van der Waals surface area contributed by atoms with Crippen LogP contribution in [0.5, 0.6) is 0 Å². The number of ketones is 1. The van der Waals surface area contributed by atoms with Crippen LogP contribution in [-0.4, -0.2) is 17.0 Å². The number of hydrogen-bond acceptors (Lipinski definition) is 2. The van der Waals surface area contributed by atoms with Crippen LogP contribution in [0.3, 0.4) is 0 Å². The molecule has 3 atom stereocenters. The molecule has 64 valence electrons. The molecule has 0 bridgehead atoms. The minimum absolute atomic E-state index is 0.0938. The summed E-state index contributed by atoms with van der Waals surface area (Å²) in [7, 11) is 0. The molecule has 0 heterocycles. The predicted molar refractivity (Wildman–Crippen MR) is 43.2 cm³/mol. The van der Waals surface area contributed by atoms with Crippen molar-refractivity contribution in [3.63, 3.8) is 0 Å². The Morgan fingerprint density at radius 1 is 1.64 bits per heavy atom. The van der Waals surface area contributed by atoms with E-state index in [0.29, 0.717) is 12.3 Å². The first-order valence-electron chi connectivity index (χ1n) is 4.33. The molecule has 11 heavy (non-hydrogen) atoms. The van der Waals surface area contributed by atoms with Crippen molar-refractivity contribution < 1.29 is 9.90 Å². The zero-order valence-corrected chi connectivity index (χ0v) is 7.21. The average Bonchev–Trinajstić information content (AvgIpc) is 1.85. The number of aliphatic hydroxyl groups is 1. The standard InChI is InChI=1S/C9H16O2/c1-6-4-3-5-8(11)9(6)7(2)10/h6-7,9-10H,3-5H2,1-2H3/t6-,7+,9-/m1/s1. The average molecular weight is 156 g/mol. The van der Waals surface area contributed by atoms with Gasteiger partial charge in [0.15, 0.2) is 0 Å². The molecular formula is C9H16O2. The van der Waals surface area contributed by atoms with Crippen LogP contribution in [-0.2, 0) is 4.79 Å². The fourth-order valence-corrected chi connectivity index (χ4v) is 2.01. The van der Waals surface area contributed by atoms with Crippen molar-refractivity contribution in [3.05, 3.63) is 0 Å². The maximum absolute atomic E-state index is 11.3. The summed E-state index contributed by atoms with van der Waals surface area (Å²) in [6, 6.07) is 0. The van der Waals surface area contributed by atoms with Crippen LogP contribution in [0.2, 0.25) is 0 Å². The quantitative estimate of drug-likeness (QED) is 0.622. The van der Waals surface area contributed by atoms with Crippen molar-refractivity contribution >= 4 is 5.78 Å². The highest BCUT2D eigenvalue weighted by atomic mass is 16.3. The molecule has 0 spiro atoms. The molecule has 1 aliphatic carbocycles. The monoisotopic (exact) mass is 156 g/mol. The zero-order chi connectivity index (χ0) is 8.43. The normalized spacial score (nSPS) is 35.4. The van der Waals surface area contributed by atoms with Crippen molar-refractivity contribution in [1.82, 2.24) is 0 Å². The van der Waals surface area contributed by atoms with E-state index in [1.165, 1.54) is 0 Å². The van der Waals surface area contributed by atoms with E-state index in [1.54, 1.807) is 6.92 Å². The van der Waals surface area contributed by atoms with Crippen LogP contribution >= 0.6 is 0 Å². The summed E-state index contributed by atoms with van der Waals surface area (Å²) in [6.45, 7) is 3.76. The summed E-state index contributed by atoms with van der Waals surface area (Å²) < 4.78 is 0. The summed E-state index contributed by atoms with van der Waals surface area (Å²) >= 11 is 0. The first-order chi connectivity index (χ1) is 5.13. The van der Waals surface area contributed by atoms with Gasteiger partial charge in [-0.15, -0.1) is 0 Å². The van der Waals surface area contributed by atoms with Crippen molar-refractivity contribution in [2.75, 3.05) is 0 Å². The lowest BCUT2D eigenvalue weighted by atomic mass is 9.77. The Morgan fingerprint density at radius 3 is 2.64 bits per heavy atom. The highest BCUT2D eigenvalue weighted by Crippen LogP contribution is 2.29. The lowest BCUT2D eigenvalue weighted by Gasteiger charge is -2.29. The van der Waals surface area contributed by atoms with Gasteiger partial charge >= 0.3 is 0 Å². The molecular weight excluding hydrogens is 140 g/mol. The molecule has 2 nitrogen and oxygen atoms in total. The first kappa shape index (κ1) is 8.72. The predicted octanol–water partition coefficient (Wildman–Crippen LogP) is 1.37. The number of Topliss-reactive ketones (excluding diaryl/α,β-unsaturated/α-hetero) is 1. The second-order valence-electron chi connectivity index (χ2n) is 3.60. The van der Waals surface area contributed by atoms with Crippen LogP contribution < -0.4 is 0 Å². The topological polar surface area (TPSA) is 37.3 Å². The second kappa shape index (κ2) is 3.35. The van der Waals surface area contributed by atoms with E-state index in [1.807, 2.05) is 0 Å². The van der Waals surface area contributed by atoms with E-state index >= 15 is 0 Å². The van der Waals surface area contributed by atoms with Crippen molar-refractivity contribution in [1.29, 1.82) is 0 Å². The number of rotatable bonds is 1. The first-order valence-corrected chi connectivity index (χ1v) is 4.33. The van der Waals surface area contributed by atoms with Crippen LogP contribution in [0.25, 0.3) is 0 Å². The SMILES string of the molecule is C[C@H](O)[C@@H]1C(=O)CCC[C@H]1C. The van der Waals surface area contributed by atoms with Gasteiger partial charge < -0.3 is 5.11 Å². The molecule has 2 heteroatoms. The Labute approximate surface area is 67.6 Å². The number of aliphatic hydroxyl groups excluding tert-OH is 1. The Bertz CT molecular complexity index is 152. The number of carbonyl (C=O) groups is 1. The van der Waals surface area contributed by atoms with Gasteiger partial charge in [0.1, 0.15) is 5.78 Å². The van der Waals surface area contributed by atoms with E-state index in [9.17, 15) is 9.90 Å². The van der Waals surface area contributed by atoms with Crippen LogP contribution in [0.4, 0.5) is 0 Å². The third-order valence-electron chi connectivity index (χ3n) is 2.59. The van der Waals surface area contributed by atoms with Gasteiger partial charge in [0.25, 0.3) is 0 Å². The maximum atomic E-state index is 11.3. The van der Waals surface area contributed by atoms with Gasteiger partial charge in [-0.05, 0) is 25.7 Å². The van der Waals surface area contributed by atoms with E-state index in [-0.39, 0.29) is 11.7 Å². The van der Waals surface area contributed by atoms with Gasteiger partial charge in [-0.2, -0.15) is 0 Å². The molecule has 0 aromatic rings. The van der Waals surface area contributed by atoms with Gasteiger partial charge in [-0.1, -0.05) is 6.92 Å². The summed E-state index contributed by atoms with van der Waals surface area (Å²) in [5, 5.41) is 9.30. The fourth-order valence-electron chi connectivity index (χ4n) is 2.01. The van der Waals surface area contributed by atoms with Gasteiger partial charge in [0.05, 0.1) is 6.10 Å². The largest absolute Gasteiger partial charge is 0.393 e. The van der Waals surface area contributed by atoms with Crippen LogP contribution in [0, 0.1) is 11.8 Å². The Balaban J connectivity index is 2.63. The molecule has 1 saturated carbocycles. The van der Waals surface area contributed by atoms with Crippen LogP contribution in [0.1, 0.15) is 33.1 Å². The Hall–Kier alpha value is -0.370. The minimum Gasteiger partial charge on any atom is -0.393 e. The van der Waals surface area contributed by atoms with Crippen molar-refractivity contribution in [2.45, 2.75) is 39.2 Å². The molecule has 0 aliphatic heterocycles. The molecule has 1 N–H and O–H groups in total. The molecule has 0 amide bonds. The van der Waals surface area contributed by atoms with Crippen molar-refractivity contribution in [3.8, 4) is 0 Å². The highest BCUT2D eigenvalue weighted by Gasteiger charge is 2.31. The van der Waals surface area contributed by atoms with Crippen molar-refractivity contribution in [2.24, 2.45) is 11.8 Å². The zero-order valence-electron chi connectivity index (χ0n) is 7.21. The Kier molecular flexibility index (Phi) is 2.66. The lowest BCUT2D eigenvalue weighted by molar-refractivity contribution is -0.130. The van der Waals surface area contributed by atoms with Gasteiger partial charge in [0, 0.05) is 12.3 Å². The highest BCUT2D eigenvalue weighted by molar-refractivity contribution is 5.82. The molecule has 1 aliphatic rings. The van der Waals surface area contributed by atoms with Gasteiger partial charge in [-0.25, -0.2) is 0 Å². The molecule has 0 aromatic carbocycles. The second-order valence-corrected chi connectivity index (χ2v) is 3.60. The molecule has 0 saturated heterocycles. The molecule has 0 unspecified atom stereocenters. The third kappa shape index (κ3) is 1.80. The summed E-state index contributed by atoms with van der Waals surface area (Å²) in [5.74, 6) is 0.527. The lowest BCUT2D eigenvalue weighted by Crippen LogP contribution is -2.34. The maximum Gasteiger partial charge on any atom is 0.138 e. The number of hydrogen-bond donors (Lipinski definition) is 1. The molecule has 0 radical (unpaired) electrons. The third-order valence-corrected chi connectivity index (χ3v) is 2.59. The smallest absolute Gasteiger partial charge is 0.138 e. The van der Waals surface area contributed by atoms with Crippen LogP contribution in [0.15, 0.2) is 0 Å². The Morgan fingerprint density at radius 2 is 2.27 bits per heavy atom. The molecule has 0 aromatic heterocycles. The summed E-state index contributed by atoms with van der Waals surface area (Å²) in [4.78, 5) is 11.3. The fraction of sp³-hybridized carbons (Fsp3) is 0.889. The number of carbonyl (C=O) groups excluding carboxylic acids is 1. The molecule has 1 rings (SSSR count). The van der Waals surface area contributed by atoms with E-state index in [0.717, 1.165) is 12.8 Å². The summed E-state index contributed by atoms with van der Waals surface area (Å²) in [5.41, 5.74) is 0.